The van der Waals surface area contributed by atoms with E-state index in [0.29, 0.717) is 34.4 Å². The average molecular weight is 510 g/mol. The number of halogens is 2. The molecule has 4 rings (SSSR count). The van der Waals surface area contributed by atoms with Crippen molar-refractivity contribution in [3.8, 4) is 5.75 Å². The van der Waals surface area contributed by atoms with Gasteiger partial charge in [0.05, 0.1) is 36.5 Å². The molecule has 0 atom stereocenters. The topological polar surface area (TPSA) is 54.9 Å². The lowest BCUT2D eigenvalue weighted by molar-refractivity contribution is -0.118. The summed E-state index contributed by atoms with van der Waals surface area (Å²) < 4.78 is 11.8. The number of carbonyl (C=O) groups is 1. The van der Waals surface area contributed by atoms with Crippen LogP contribution in [-0.4, -0.2) is 62.3 Å². The minimum Gasteiger partial charge on any atom is -0.494 e. The number of aromatic nitrogens is 1. The Labute approximate surface area is 209 Å². The van der Waals surface area contributed by atoms with Gasteiger partial charge in [-0.3, -0.25) is 14.6 Å². The number of aryl methyl sites for hydroxylation is 2. The fourth-order valence-corrected chi connectivity index (χ4v) is 5.16. The van der Waals surface area contributed by atoms with E-state index in [-0.39, 0.29) is 18.3 Å². The highest BCUT2D eigenvalue weighted by Crippen LogP contribution is 2.38. The number of carbonyl (C=O) groups excluding carboxylic acids is 1. The first-order chi connectivity index (χ1) is 15.5. The standard InChI is InChI=1S/C24H28ClN3O3S.ClH/c1-16-4-5-17(2)18(14-16)15-21(29)28(9-8-27-10-12-31-13-11-27)24-26-22-20(30-3)7-6-19(25)23(22)32-24;/h4-7,14H,8-13,15H2,1-3H3;1H. The van der Waals surface area contributed by atoms with E-state index in [9.17, 15) is 4.79 Å². The van der Waals surface area contributed by atoms with Crippen molar-refractivity contribution in [1.29, 1.82) is 0 Å². The van der Waals surface area contributed by atoms with Gasteiger partial charge in [0.15, 0.2) is 5.13 Å². The molecule has 178 valence electrons. The van der Waals surface area contributed by atoms with Crippen LogP contribution in [0.2, 0.25) is 5.02 Å². The molecule has 33 heavy (non-hydrogen) atoms. The number of ether oxygens (including phenoxy) is 2. The van der Waals surface area contributed by atoms with Gasteiger partial charge in [-0.15, -0.1) is 12.4 Å². The zero-order valence-electron chi connectivity index (χ0n) is 19.1. The Kier molecular flexibility index (Phi) is 8.95. The normalized spacial score (nSPS) is 14.2. The van der Waals surface area contributed by atoms with Crippen LogP contribution >= 0.6 is 35.3 Å². The Bertz CT molecular complexity index is 1120. The van der Waals surface area contributed by atoms with Gasteiger partial charge in [-0.1, -0.05) is 46.7 Å². The molecule has 0 spiro atoms. The lowest BCUT2D eigenvalue weighted by Crippen LogP contribution is -2.43. The molecule has 9 heteroatoms. The Hall–Kier alpha value is -1.90. The second-order valence-corrected chi connectivity index (χ2v) is 9.41. The van der Waals surface area contributed by atoms with E-state index in [1.165, 1.54) is 11.3 Å². The van der Waals surface area contributed by atoms with Crippen LogP contribution in [0, 0.1) is 13.8 Å². The van der Waals surface area contributed by atoms with Crippen LogP contribution in [0.1, 0.15) is 16.7 Å². The molecule has 1 aliphatic rings. The van der Waals surface area contributed by atoms with Gasteiger partial charge in [0.1, 0.15) is 11.3 Å². The van der Waals surface area contributed by atoms with Crippen LogP contribution in [0.4, 0.5) is 5.13 Å². The summed E-state index contributed by atoms with van der Waals surface area (Å²) in [5.74, 6) is 0.683. The van der Waals surface area contributed by atoms with Crippen molar-refractivity contribution in [1.82, 2.24) is 9.88 Å². The lowest BCUT2D eigenvalue weighted by atomic mass is 10.0. The molecule has 2 heterocycles. The highest BCUT2D eigenvalue weighted by Gasteiger charge is 2.24. The number of nitrogens with zero attached hydrogens (tertiary/aromatic N) is 3. The summed E-state index contributed by atoms with van der Waals surface area (Å²) in [5, 5.41) is 1.26. The van der Waals surface area contributed by atoms with Crippen LogP contribution in [0.3, 0.4) is 0 Å². The first-order valence-corrected chi connectivity index (χ1v) is 12.0. The van der Waals surface area contributed by atoms with Crippen molar-refractivity contribution >= 4 is 56.6 Å². The second kappa shape index (κ2) is 11.5. The lowest BCUT2D eigenvalue weighted by Gasteiger charge is -2.29. The molecule has 3 aromatic rings. The highest BCUT2D eigenvalue weighted by molar-refractivity contribution is 7.23. The molecule has 0 N–H and O–H groups in total. The molecule has 1 fully saturated rings. The Morgan fingerprint density at radius 2 is 2.00 bits per heavy atom. The maximum absolute atomic E-state index is 13.6. The summed E-state index contributed by atoms with van der Waals surface area (Å²) in [5.41, 5.74) is 4.00. The third-order valence-corrected chi connectivity index (χ3v) is 7.33. The van der Waals surface area contributed by atoms with Gasteiger partial charge < -0.3 is 9.47 Å². The van der Waals surface area contributed by atoms with Gasteiger partial charge in [-0.2, -0.15) is 0 Å². The quantitative estimate of drug-likeness (QED) is 0.453. The maximum Gasteiger partial charge on any atom is 0.233 e. The Balaban J connectivity index is 0.00000306. The van der Waals surface area contributed by atoms with Crippen molar-refractivity contribution in [2.75, 3.05) is 51.4 Å². The predicted molar refractivity (Wildman–Crippen MR) is 138 cm³/mol. The fraction of sp³-hybridized carbons (Fsp3) is 0.417. The number of hydrogen-bond acceptors (Lipinski definition) is 6. The molecular weight excluding hydrogens is 481 g/mol. The number of morpholine rings is 1. The van der Waals surface area contributed by atoms with Crippen LogP contribution in [0.25, 0.3) is 10.2 Å². The molecule has 1 amide bonds. The van der Waals surface area contributed by atoms with Crippen LogP contribution in [0.5, 0.6) is 5.75 Å². The molecule has 0 radical (unpaired) electrons. The summed E-state index contributed by atoms with van der Waals surface area (Å²) in [6.45, 7) is 8.62. The van der Waals surface area contributed by atoms with Gasteiger partial charge in [-0.25, -0.2) is 4.98 Å². The van der Waals surface area contributed by atoms with E-state index >= 15 is 0 Å². The third kappa shape index (κ3) is 5.97. The monoisotopic (exact) mass is 509 g/mol. The first kappa shape index (κ1) is 25.7. The molecule has 0 saturated carbocycles. The maximum atomic E-state index is 13.6. The second-order valence-electron chi connectivity index (χ2n) is 8.03. The van der Waals surface area contributed by atoms with Crippen molar-refractivity contribution in [2.24, 2.45) is 0 Å². The molecule has 0 aliphatic carbocycles. The molecule has 1 aliphatic heterocycles. The zero-order chi connectivity index (χ0) is 22.7. The molecular formula is C24H29Cl2N3O3S. The van der Waals surface area contributed by atoms with E-state index in [1.807, 2.05) is 19.9 Å². The van der Waals surface area contributed by atoms with Crippen LogP contribution < -0.4 is 9.64 Å². The predicted octanol–water partition coefficient (Wildman–Crippen LogP) is 4.90. The van der Waals surface area contributed by atoms with Crippen molar-refractivity contribution in [3.63, 3.8) is 0 Å². The minimum absolute atomic E-state index is 0. The summed E-state index contributed by atoms with van der Waals surface area (Å²) in [4.78, 5) is 22.5. The summed E-state index contributed by atoms with van der Waals surface area (Å²) >= 11 is 7.87. The van der Waals surface area contributed by atoms with Gasteiger partial charge in [0, 0.05) is 26.2 Å². The summed E-state index contributed by atoms with van der Waals surface area (Å²) in [6.07, 6.45) is 0.331. The average Bonchev–Trinajstić information content (AvgIpc) is 3.23. The van der Waals surface area contributed by atoms with Gasteiger partial charge in [0.25, 0.3) is 0 Å². The highest BCUT2D eigenvalue weighted by atomic mass is 35.5. The number of anilines is 1. The Morgan fingerprint density at radius 1 is 1.24 bits per heavy atom. The minimum atomic E-state index is 0. The molecule has 1 aromatic heterocycles. The number of methoxy groups -OCH3 is 1. The largest absolute Gasteiger partial charge is 0.494 e. The molecule has 2 aromatic carbocycles. The summed E-state index contributed by atoms with van der Waals surface area (Å²) in [7, 11) is 1.61. The van der Waals surface area contributed by atoms with Crippen molar-refractivity contribution < 1.29 is 14.3 Å². The van der Waals surface area contributed by atoms with Crippen molar-refractivity contribution in [2.45, 2.75) is 20.3 Å². The van der Waals surface area contributed by atoms with Gasteiger partial charge in [0.2, 0.25) is 5.91 Å². The molecule has 0 bridgehead atoms. The van der Waals surface area contributed by atoms with E-state index in [0.717, 1.165) is 54.2 Å². The van der Waals surface area contributed by atoms with E-state index in [1.54, 1.807) is 18.1 Å². The fourth-order valence-electron chi connectivity index (χ4n) is 3.86. The first-order valence-electron chi connectivity index (χ1n) is 10.8. The molecule has 0 unspecified atom stereocenters. The van der Waals surface area contributed by atoms with Crippen molar-refractivity contribution in [3.05, 3.63) is 52.0 Å². The number of hydrogen-bond donors (Lipinski definition) is 0. The van der Waals surface area contributed by atoms with Crippen LogP contribution in [-0.2, 0) is 16.0 Å². The zero-order valence-corrected chi connectivity index (χ0v) is 21.5. The molecule has 1 saturated heterocycles. The Morgan fingerprint density at radius 3 is 2.73 bits per heavy atom. The smallest absolute Gasteiger partial charge is 0.233 e. The third-order valence-electron chi connectivity index (χ3n) is 5.79. The summed E-state index contributed by atoms with van der Waals surface area (Å²) in [6, 6.07) is 9.84. The van der Waals surface area contributed by atoms with E-state index in [4.69, 9.17) is 26.1 Å². The number of thiazole rings is 1. The number of fused-ring (bicyclic) bond motifs is 1. The SMILES string of the molecule is COc1ccc(Cl)c2sc(N(CCN3CCOCC3)C(=O)Cc3cc(C)ccc3C)nc12.Cl. The number of benzene rings is 2. The van der Waals surface area contributed by atoms with Gasteiger partial charge in [-0.05, 0) is 37.1 Å². The van der Waals surface area contributed by atoms with Crippen LogP contribution in [0.15, 0.2) is 30.3 Å². The molecule has 6 nitrogen and oxygen atoms in total. The van der Waals surface area contributed by atoms with E-state index in [2.05, 4.69) is 23.1 Å². The van der Waals surface area contributed by atoms with E-state index < -0.39 is 0 Å². The number of amides is 1. The number of rotatable bonds is 7. The van der Waals surface area contributed by atoms with Gasteiger partial charge >= 0.3 is 0 Å².